The zero-order chi connectivity index (χ0) is 16.7. The third-order valence-corrected chi connectivity index (χ3v) is 5.30. The van der Waals surface area contributed by atoms with E-state index in [4.69, 9.17) is 4.74 Å². The van der Waals surface area contributed by atoms with E-state index in [2.05, 4.69) is 9.88 Å². The van der Waals surface area contributed by atoms with Crippen molar-refractivity contribution in [3.8, 4) is 0 Å². The molecule has 7 heteroatoms. The lowest BCUT2D eigenvalue weighted by atomic mass is 9.79. The third kappa shape index (κ3) is 3.69. The summed E-state index contributed by atoms with van der Waals surface area (Å²) in [4.78, 5) is 30.0. The zero-order valence-electron chi connectivity index (χ0n) is 14.8. The Morgan fingerprint density at radius 2 is 1.96 bits per heavy atom. The number of ketones is 1. The van der Waals surface area contributed by atoms with E-state index in [0.717, 1.165) is 73.3 Å². The van der Waals surface area contributed by atoms with Crippen LogP contribution in [0.4, 0.5) is 0 Å². The van der Waals surface area contributed by atoms with Gasteiger partial charge in [-0.15, -0.1) is 12.4 Å². The molecule has 4 rings (SSSR count). The molecule has 1 unspecified atom stereocenters. The van der Waals surface area contributed by atoms with Gasteiger partial charge >= 0.3 is 0 Å². The average Bonchev–Trinajstić information content (AvgIpc) is 2.58. The summed E-state index contributed by atoms with van der Waals surface area (Å²) in [5.74, 6) is 0.260. The number of rotatable bonds is 2. The Labute approximate surface area is 158 Å². The molecule has 1 aliphatic carbocycles. The highest BCUT2D eigenvalue weighted by Crippen LogP contribution is 2.33. The first-order valence-electron chi connectivity index (χ1n) is 8.63. The lowest BCUT2D eigenvalue weighted by Gasteiger charge is -2.32. The highest BCUT2D eigenvalue weighted by molar-refractivity contribution is 6.11. The minimum absolute atomic E-state index is 0. The molecule has 1 aliphatic heterocycles. The van der Waals surface area contributed by atoms with E-state index in [0.29, 0.717) is 0 Å². The molecule has 3 N–H and O–H groups in total. The number of carbonyl (C=O) groups is 1. The number of nitrogens with zero attached hydrogens (tertiary/aromatic N) is 1. The van der Waals surface area contributed by atoms with Crippen LogP contribution in [0.25, 0.3) is 10.9 Å². The number of fused-ring (bicyclic) bond motifs is 3. The number of halogens is 1. The van der Waals surface area contributed by atoms with Crippen molar-refractivity contribution in [3.05, 3.63) is 45.2 Å². The summed E-state index contributed by atoms with van der Waals surface area (Å²) in [6.45, 7) is 6.14. The summed E-state index contributed by atoms with van der Waals surface area (Å²) in [5, 5.41) is 0.881. The van der Waals surface area contributed by atoms with Gasteiger partial charge in [0.2, 0.25) is 5.56 Å². The molecule has 1 saturated heterocycles. The SMILES string of the molecule is Cc1cc2[nH]c(=O)ccc2c2c1CCC(CN1CCOCC1)C2=O.Cl.O. The van der Waals surface area contributed by atoms with Gasteiger partial charge in [0.05, 0.1) is 13.2 Å². The van der Waals surface area contributed by atoms with Gasteiger partial charge in [-0.2, -0.15) is 0 Å². The molecule has 0 saturated carbocycles. The lowest BCUT2D eigenvalue weighted by Crippen LogP contribution is -2.42. The van der Waals surface area contributed by atoms with Crippen LogP contribution in [0.5, 0.6) is 0 Å². The molecule has 0 bridgehead atoms. The van der Waals surface area contributed by atoms with Gasteiger partial charge < -0.3 is 15.2 Å². The highest BCUT2D eigenvalue weighted by atomic mass is 35.5. The first-order chi connectivity index (χ1) is 11.6. The van der Waals surface area contributed by atoms with Gasteiger partial charge in [0, 0.05) is 48.1 Å². The maximum Gasteiger partial charge on any atom is 0.248 e. The highest BCUT2D eigenvalue weighted by Gasteiger charge is 2.31. The van der Waals surface area contributed by atoms with Crippen LogP contribution in [-0.4, -0.2) is 54.0 Å². The van der Waals surface area contributed by atoms with E-state index < -0.39 is 0 Å². The summed E-state index contributed by atoms with van der Waals surface area (Å²) in [5.41, 5.74) is 3.70. The second-order valence-corrected chi connectivity index (χ2v) is 6.84. The van der Waals surface area contributed by atoms with Crippen molar-refractivity contribution in [1.82, 2.24) is 9.88 Å². The predicted octanol–water partition coefficient (Wildman–Crippen LogP) is 1.51. The topological polar surface area (TPSA) is 93.9 Å². The van der Waals surface area contributed by atoms with Crippen molar-refractivity contribution in [2.24, 2.45) is 5.92 Å². The fraction of sp³-hybridized carbons (Fsp3) is 0.474. The zero-order valence-corrected chi connectivity index (χ0v) is 15.7. The molecule has 0 amide bonds. The van der Waals surface area contributed by atoms with Crippen molar-refractivity contribution in [3.63, 3.8) is 0 Å². The number of hydrogen-bond donors (Lipinski definition) is 1. The second kappa shape index (κ2) is 8.31. The first-order valence-corrected chi connectivity index (χ1v) is 8.63. The van der Waals surface area contributed by atoms with E-state index in [9.17, 15) is 9.59 Å². The van der Waals surface area contributed by atoms with Crippen LogP contribution in [0.15, 0.2) is 23.0 Å². The number of carbonyl (C=O) groups excluding carboxylic acids is 1. The summed E-state index contributed by atoms with van der Waals surface area (Å²) in [6, 6.07) is 5.30. The van der Waals surface area contributed by atoms with E-state index in [-0.39, 0.29) is 35.1 Å². The molecule has 6 nitrogen and oxygen atoms in total. The molecule has 1 atom stereocenters. The largest absolute Gasteiger partial charge is 0.412 e. The predicted molar refractivity (Wildman–Crippen MR) is 104 cm³/mol. The number of aromatic nitrogens is 1. The van der Waals surface area contributed by atoms with E-state index >= 15 is 0 Å². The molecule has 2 heterocycles. The minimum Gasteiger partial charge on any atom is -0.412 e. The standard InChI is InChI=1S/C19H22N2O3.ClH.H2O/c1-12-10-16-15(4-5-17(22)20-16)18-14(12)3-2-13(19(18)23)11-21-6-8-24-9-7-21;;/h4-5,10,13H,2-3,6-9,11H2,1H3,(H,20,22);1H;1H2. The number of nitrogens with one attached hydrogen (secondary N) is 1. The number of Topliss-reactive ketones (excluding diaryl/α,β-unsaturated/α-hetero) is 1. The molecule has 1 aromatic carbocycles. The normalized spacial score (nSPS) is 20.2. The molecule has 2 aromatic rings. The number of aromatic amines is 1. The number of pyridine rings is 1. The Morgan fingerprint density at radius 1 is 1.23 bits per heavy atom. The quantitative estimate of drug-likeness (QED) is 0.854. The molecule has 26 heavy (non-hydrogen) atoms. The molecular formula is C19H25ClN2O4. The number of morpholine rings is 1. The van der Waals surface area contributed by atoms with Crippen molar-refractivity contribution < 1.29 is 15.0 Å². The molecule has 2 aliphatic rings. The van der Waals surface area contributed by atoms with Crippen LogP contribution in [0, 0.1) is 12.8 Å². The number of benzene rings is 1. The Balaban J connectivity index is 0.00000121. The van der Waals surface area contributed by atoms with Crippen LogP contribution in [0.2, 0.25) is 0 Å². The fourth-order valence-electron chi connectivity index (χ4n) is 4.01. The van der Waals surface area contributed by atoms with Crippen LogP contribution in [-0.2, 0) is 11.2 Å². The summed E-state index contributed by atoms with van der Waals surface area (Å²) in [6.07, 6.45) is 1.83. The monoisotopic (exact) mass is 380 g/mol. The number of ether oxygens (including phenoxy) is 1. The summed E-state index contributed by atoms with van der Waals surface area (Å²) < 4.78 is 5.40. The van der Waals surface area contributed by atoms with Gasteiger partial charge in [0.1, 0.15) is 0 Å². The third-order valence-electron chi connectivity index (χ3n) is 5.30. The Morgan fingerprint density at radius 3 is 2.69 bits per heavy atom. The van der Waals surface area contributed by atoms with Crippen LogP contribution in [0.3, 0.4) is 0 Å². The van der Waals surface area contributed by atoms with Gasteiger partial charge in [-0.1, -0.05) is 0 Å². The van der Waals surface area contributed by atoms with Gasteiger partial charge in [0.25, 0.3) is 0 Å². The minimum atomic E-state index is -0.130. The number of aryl methyl sites for hydroxylation is 1. The molecule has 142 valence electrons. The molecule has 0 radical (unpaired) electrons. The van der Waals surface area contributed by atoms with Crippen molar-refractivity contribution in [2.75, 3.05) is 32.8 Å². The van der Waals surface area contributed by atoms with E-state index in [1.54, 1.807) is 6.07 Å². The summed E-state index contributed by atoms with van der Waals surface area (Å²) >= 11 is 0. The summed E-state index contributed by atoms with van der Waals surface area (Å²) in [7, 11) is 0. The lowest BCUT2D eigenvalue weighted by molar-refractivity contribution is 0.0292. The van der Waals surface area contributed by atoms with E-state index in [1.165, 1.54) is 6.07 Å². The van der Waals surface area contributed by atoms with Gasteiger partial charge in [-0.25, -0.2) is 0 Å². The van der Waals surface area contributed by atoms with Crippen LogP contribution >= 0.6 is 12.4 Å². The maximum absolute atomic E-state index is 13.2. The average molecular weight is 381 g/mol. The van der Waals surface area contributed by atoms with Crippen molar-refractivity contribution in [1.29, 1.82) is 0 Å². The van der Waals surface area contributed by atoms with E-state index in [1.807, 2.05) is 13.0 Å². The number of H-pyrrole nitrogens is 1. The van der Waals surface area contributed by atoms with Gasteiger partial charge in [-0.05, 0) is 43.0 Å². The Bertz CT molecular complexity index is 858. The smallest absolute Gasteiger partial charge is 0.248 e. The van der Waals surface area contributed by atoms with Crippen molar-refractivity contribution in [2.45, 2.75) is 19.8 Å². The van der Waals surface area contributed by atoms with Crippen LogP contribution < -0.4 is 5.56 Å². The van der Waals surface area contributed by atoms with Gasteiger partial charge in [-0.3, -0.25) is 14.5 Å². The second-order valence-electron chi connectivity index (χ2n) is 6.84. The molecule has 1 fully saturated rings. The Kier molecular flexibility index (Phi) is 6.58. The molecule has 0 spiro atoms. The Hall–Kier alpha value is -1.73. The van der Waals surface area contributed by atoms with Crippen molar-refractivity contribution >= 4 is 29.1 Å². The number of hydrogen-bond acceptors (Lipinski definition) is 4. The van der Waals surface area contributed by atoms with Gasteiger partial charge in [0.15, 0.2) is 5.78 Å². The maximum atomic E-state index is 13.2. The molecular weight excluding hydrogens is 356 g/mol. The molecule has 1 aromatic heterocycles. The fourth-order valence-corrected chi connectivity index (χ4v) is 4.01. The first kappa shape index (κ1) is 20.6. The van der Waals surface area contributed by atoms with Crippen LogP contribution in [0.1, 0.15) is 27.9 Å².